The highest BCUT2D eigenvalue weighted by atomic mass is 32.2. The molecule has 8 heteroatoms. The van der Waals surface area contributed by atoms with Gasteiger partial charge in [0.05, 0.1) is 17.6 Å². The molecule has 2 aromatic rings. The quantitative estimate of drug-likeness (QED) is 0.903. The molecule has 0 spiro atoms. The molecule has 1 aliphatic heterocycles. The normalized spacial score (nSPS) is 13.9. The highest BCUT2D eigenvalue weighted by Gasteiger charge is 2.26. The van der Waals surface area contributed by atoms with E-state index in [-0.39, 0.29) is 5.91 Å². The van der Waals surface area contributed by atoms with Crippen molar-refractivity contribution in [3.05, 3.63) is 28.6 Å². The second kappa shape index (κ2) is 6.18. The summed E-state index contributed by atoms with van der Waals surface area (Å²) in [6.07, 6.45) is 2.33. The molecule has 0 aliphatic carbocycles. The number of fused-ring (bicyclic) bond motifs is 1. The number of nitrogens with zero attached hydrogens (tertiary/aromatic N) is 2. The average molecular weight is 365 g/mol. The first-order valence-electron chi connectivity index (χ1n) is 7.68. The summed E-state index contributed by atoms with van der Waals surface area (Å²) in [6, 6.07) is 5.71. The maximum Gasteiger partial charge on any atom is 0.232 e. The van der Waals surface area contributed by atoms with Crippen LogP contribution in [-0.2, 0) is 21.2 Å². The summed E-state index contributed by atoms with van der Waals surface area (Å²) in [5.41, 5.74) is 3.51. The van der Waals surface area contributed by atoms with E-state index in [9.17, 15) is 13.2 Å². The number of aromatic nitrogens is 1. The minimum Gasteiger partial charge on any atom is -0.302 e. The summed E-state index contributed by atoms with van der Waals surface area (Å²) in [5, 5.41) is 3.37. The van der Waals surface area contributed by atoms with Crippen LogP contribution in [0.25, 0.3) is 11.3 Å². The number of thiazole rings is 1. The summed E-state index contributed by atoms with van der Waals surface area (Å²) in [7, 11) is -3.24. The van der Waals surface area contributed by atoms with Gasteiger partial charge in [-0.1, -0.05) is 13.0 Å². The van der Waals surface area contributed by atoms with Gasteiger partial charge in [0.25, 0.3) is 0 Å². The largest absolute Gasteiger partial charge is 0.302 e. The first-order valence-corrected chi connectivity index (χ1v) is 10.3. The van der Waals surface area contributed by atoms with Gasteiger partial charge in [0.2, 0.25) is 15.9 Å². The smallest absolute Gasteiger partial charge is 0.232 e. The van der Waals surface area contributed by atoms with Crippen molar-refractivity contribution in [1.29, 1.82) is 0 Å². The second-order valence-electron chi connectivity index (χ2n) is 5.75. The summed E-state index contributed by atoms with van der Waals surface area (Å²) in [4.78, 5) is 17.0. The Kier molecular flexibility index (Phi) is 4.35. The van der Waals surface area contributed by atoms with Gasteiger partial charge in [0, 0.05) is 23.4 Å². The van der Waals surface area contributed by atoms with Gasteiger partial charge < -0.3 is 5.32 Å². The van der Waals surface area contributed by atoms with E-state index in [4.69, 9.17) is 0 Å². The molecule has 6 nitrogen and oxygen atoms in total. The third-order valence-electron chi connectivity index (χ3n) is 3.97. The van der Waals surface area contributed by atoms with Crippen molar-refractivity contribution in [1.82, 2.24) is 4.98 Å². The number of carbonyl (C=O) groups excluding carboxylic acids is 1. The van der Waals surface area contributed by atoms with Crippen LogP contribution in [0.5, 0.6) is 0 Å². The lowest BCUT2D eigenvalue weighted by atomic mass is 10.1. The first-order chi connectivity index (χ1) is 11.3. The van der Waals surface area contributed by atoms with Crippen LogP contribution in [0.15, 0.2) is 18.2 Å². The Morgan fingerprint density at radius 1 is 1.42 bits per heavy atom. The maximum absolute atomic E-state index is 11.8. The third-order valence-corrected chi connectivity index (χ3v) is 6.04. The van der Waals surface area contributed by atoms with Gasteiger partial charge in [-0.05, 0) is 31.0 Å². The van der Waals surface area contributed by atoms with E-state index in [1.54, 1.807) is 6.92 Å². The minimum absolute atomic E-state index is 0.0620. The molecule has 24 heavy (non-hydrogen) atoms. The van der Waals surface area contributed by atoms with Gasteiger partial charge in [-0.15, -0.1) is 11.3 Å². The molecule has 1 aromatic carbocycles. The minimum atomic E-state index is -3.24. The zero-order valence-electron chi connectivity index (χ0n) is 13.8. The van der Waals surface area contributed by atoms with Gasteiger partial charge >= 0.3 is 0 Å². The number of rotatable bonds is 4. The van der Waals surface area contributed by atoms with Crippen molar-refractivity contribution in [2.75, 3.05) is 22.4 Å². The molecule has 0 unspecified atom stereocenters. The highest BCUT2D eigenvalue weighted by Crippen LogP contribution is 2.36. The zero-order chi connectivity index (χ0) is 17.5. The Labute approximate surface area is 145 Å². The van der Waals surface area contributed by atoms with Crippen LogP contribution >= 0.6 is 11.3 Å². The van der Waals surface area contributed by atoms with E-state index in [0.29, 0.717) is 24.5 Å². The predicted octanol–water partition coefficient (Wildman–Crippen LogP) is 2.79. The lowest BCUT2D eigenvalue weighted by Crippen LogP contribution is -2.27. The summed E-state index contributed by atoms with van der Waals surface area (Å²) >= 11 is 1.44. The summed E-state index contributed by atoms with van der Waals surface area (Å²) in [5.74, 6) is -0.0620. The number of amides is 1. The van der Waals surface area contributed by atoms with E-state index in [2.05, 4.69) is 10.3 Å². The number of aryl methyl sites for hydroxylation is 1. The van der Waals surface area contributed by atoms with Gasteiger partial charge in [0.15, 0.2) is 5.13 Å². The van der Waals surface area contributed by atoms with Crippen LogP contribution in [0, 0.1) is 6.92 Å². The number of hydrogen-bond donors (Lipinski definition) is 1. The highest BCUT2D eigenvalue weighted by molar-refractivity contribution is 7.92. The Morgan fingerprint density at radius 3 is 2.83 bits per heavy atom. The number of nitrogens with one attached hydrogen (secondary N) is 1. The molecule has 1 aromatic heterocycles. The van der Waals surface area contributed by atoms with E-state index in [0.717, 1.165) is 27.4 Å². The summed E-state index contributed by atoms with van der Waals surface area (Å²) < 4.78 is 25.1. The van der Waals surface area contributed by atoms with E-state index >= 15 is 0 Å². The number of carbonyl (C=O) groups is 1. The van der Waals surface area contributed by atoms with Crippen LogP contribution < -0.4 is 9.62 Å². The zero-order valence-corrected chi connectivity index (χ0v) is 15.4. The standard InChI is InChI=1S/C16H19N3O3S2/c1-4-14(20)17-16-18-15(10(2)23-16)12-5-6-13-11(9-12)7-8-19(13)24(3,21)22/h5-6,9H,4,7-8H2,1-3H3,(H,17,18,20). The molecular formula is C16H19N3O3S2. The van der Waals surface area contributed by atoms with Gasteiger partial charge in [-0.3, -0.25) is 9.10 Å². The average Bonchev–Trinajstić information content (AvgIpc) is 3.09. The molecule has 128 valence electrons. The van der Waals surface area contributed by atoms with Crippen LogP contribution in [-0.4, -0.2) is 32.1 Å². The number of benzene rings is 1. The molecule has 0 saturated heterocycles. The van der Waals surface area contributed by atoms with E-state index in [1.165, 1.54) is 21.9 Å². The molecule has 0 bridgehead atoms. The second-order valence-corrected chi connectivity index (χ2v) is 8.86. The lowest BCUT2D eigenvalue weighted by Gasteiger charge is -2.16. The van der Waals surface area contributed by atoms with Crippen molar-refractivity contribution in [3.8, 4) is 11.3 Å². The Bertz CT molecular complexity index is 903. The number of sulfonamides is 1. The third kappa shape index (κ3) is 3.16. The molecule has 0 radical (unpaired) electrons. The molecule has 1 amide bonds. The van der Waals surface area contributed by atoms with Crippen molar-refractivity contribution in [3.63, 3.8) is 0 Å². The fraction of sp³-hybridized carbons (Fsp3) is 0.375. The SMILES string of the molecule is CCC(=O)Nc1nc(-c2ccc3c(c2)CCN3S(C)(=O)=O)c(C)s1. The predicted molar refractivity (Wildman–Crippen MR) is 97.1 cm³/mol. The Morgan fingerprint density at radius 2 is 2.17 bits per heavy atom. The molecule has 0 fully saturated rings. The van der Waals surface area contributed by atoms with Crippen molar-refractivity contribution in [2.24, 2.45) is 0 Å². The maximum atomic E-state index is 11.8. The van der Waals surface area contributed by atoms with Gasteiger partial charge in [0.1, 0.15) is 0 Å². The van der Waals surface area contributed by atoms with Crippen LogP contribution in [0.4, 0.5) is 10.8 Å². The molecule has 0 saturated carbocycles. The Balaban J connectivity index is 1.94. The molecule has 3 rings (SSSR count). The van der Waals surface area contributed by atoms with Crippen molar-refractivity contribution < 1.29 is 13.2 Å². The van der Waals surface area contributed by atoms with E-state index in [1.807, 2.05) is 25.1 Å². The lowest BCUT2D eigenvalue weighted by molar-refractivity contribution is -0.115. The molecule has 0 atom stereocenters. The van der Waals surface area contributed by atoms with Gasteiger partial charge in [-0.25, -0.2) is 13.4 Å². The molecule has 1 N–H and O–H groups in total. The fourth-order valence-electron chi connectivity index (χ4n) is 2.79. The van der Waals surface area contributed by atoms with Crippen LogP contribution in [0.3, 0.4) is 0 Å². The van der Waals surface area contributed by atoms with Crippen LogP contribution in [0.2, 0.25) is 0 Å². The van der Waals surface area contributed by atoms with Crippen LogP contribution in [0.1, 0.15) is 23.8 Å². The summed E-state index contributed by atoms with van der Waals surface area (Å²) in [6.45, 7) is 4.24. The molecule has 2 heterocycles. The van der Waals surface area contributed by atoms with Gasteiger partial charge in [-0.2, -0.15) is 0 Å². The Hall–Kier alpha value is -1.93. The number of anilines is 2. The van der Waals surface area contributed by atoms with Crippen molar-refractivity contribution >= 4 is 38.1 Å². The molecular weight excluding hydrogens is 346 g/mol. The monoisotopic (exact) mass is 365 g/mol. The first kappa shape index (κ1) is 16.9. The fourth-order valence-corrected chi connectivity index (χ4v) is 4.60. The van der Waals surface area contributed by atoms with E-state index < -0.39 is 10.0 Å². The topological polar surface area (TPSA) is 79.4 Å². The molecule has 1 aliphatic rings. The van der Waals surface area contributed by atoms with Crippen molar-refractivity contribution in [2.45, 2.75) is 26.7 Å². The number of hydrogen-bond acceptors (Lipinski definition) is 5.